The van der Waals surface area contributed by atoms with Crippen LogP contribution in [0.3, 0.4) is 0 Å². The van der Waals surface area contributed by atoms with Crippen molar-refractivity contribution in [2.24, 2.45) is 5.92 Å². The summed E-state index contributed by atoms with van der Waals surface area (Å²) in [5.41, 5.74) is 6.10. The second-order valence-corrected chi connectivity index (χ2v) is 11.2. The fourth-order valence-corrected chi connectivity index (χ4v) is 5.73. The third-order valence-electron chi connectivity index (χ3n) is 7.67. The van der Waals surface area contributed by atoms with Crippen molar-refractivity contribution in [3.8, 4) is 28.4 Å². The van der Waals surface area contributed by atoms with Gasteiger partial charge in [-0.05, 0) is 22.8 Å². The Kier molecular flexibility index (Phi) is 8.68. The number of benzene rings is 2. The van der Waals surface area contributed by atoms with Crippen LogP contribution < -0.4 is 4.74 Å². The number of nitrogens with one attached hydrogen (secondary N) is 1. The minimum Gasteiger partial charge on any atom is -0.479 e. The van der Waals surface area contributed by atoms with E-state index < -0.39 is 12.1 Å². The number of aliphatic hydroxyl groups is 1. The number of likely N-dealkylation sites (tertiary alicyclic amines) is 1. The first-order valence-electron chi connectivity index (χ1n) is 14.1. The van der Waals surface area contributed by atoms with Crippen LogP contribution in [0.1, 0.15) is 18.4 Å². The SMILES string of the molecule is O=C(O)[C@H]1C[C@@H](Oc2nc3nc(-c4ccc(-c5ccc(CN6CC(COCCO)C6)cc5)cc4)c(Cl)cc3[nH]2)CCO1. The van der Waals surface area contributed by atoms with Crippen LogP contribution in [0.5, 0.6) is 6.01 Å². The summed E-state index contributed by atoms with van der Waals surface area (Å²) < 4.78 is 16.6. The topological polar surface area (TPSA) is 130 Å². The Bertz CT molecular complexity index is 1520. The number of aromatic nitrogens is 3. The van der Waals surface area contributed by atoms with Gasteiger partial charge in [-0.3, -0.25) is 4.90 Å². The molecule has 0 bridgehead atoms. The lowest BCUT2D eigenvalue weighted by Gasteiger charge is -2.39. The maximum Gasteiger partial charge on any atom is 0.332 e. The molecule has 2 fully saturated rings. The second-order valence-electron chi connectivity index (χ2n) is 10.8. The van der Waals surface area contributed by atoms with Gasteiger partial charge >= 0.3 is 5.97 Å². The number of pyridine rings is 1. The molecular weight excluding hydrogens is 560 g/mol. The van der Waals surface area contributed by atoms with Crippen LogP contribution in [0.15, 0.2) is 54.6 Å². The van der Waals surface area contributed by atoms with Crippen LogP contribution in [-0.4, -0.2) is 87.8 Å². The summed E-state index contributed by atoms with van der Waals surface area (Å²) in [6.45, 7) is 4.48. The summed E-state index contributed by atoms with van der Waals surface area (Å²) >= 11 is 6.61. The van der Waals surface area contributed by atoms with E-state index in [0.717, 1.165) is 36.3 Å². The molecule has 3 N–H and O–H groups in total. The van der Waals surface area contributed by atoms with Gasteiger partial charge in [0.05, 0.1) is 42.7 Å². The Labute approximate surface area is 248 Å². The van der Waals surface area contributed by atoms with Gasteiger partial charge in [0.15, 0.2) is 11.8 Å². The van der Waals surface area contributed by atoms with Gasteiger partial charge in [-0.25, -0.2) is 9.78 Å². The molecule has 0 unspecified atom stereocenters. The van der Waals surface area contributed by atoms with E-state index in [0.29, 0.717) is 54.0 Å². The quantitative estimate of drug-likeness (QED) is 0.217. The number of ether oxygens (including phenoxy) is 3. The fraction of sp³-hybridized carbons (Fsp3) is 0.387. The molecule has 2 aromatic carbocycles. The van der Waals surface area contributed by atoms with E-state index in [9.17, 15) is 9.90 Å². The van der Waals surface area contributed by atoms with E-state index in [1.165, 1.54) is 5.56 Å². The summed E-state index contributed by atoms with van der Waals surface area (Å²) in [5.74, 6) is -0.445. The van der Waals surface area contributed by atoms with Gasteiger partial charge in [-0.2, -0.15) is 4.98 Å². The molecule has 6 rings (SSSR count). The van der Waals surface area contributed by atoms with Crippen LogP contribution in [0, 0.1) is 5.92 Å². The Morgan fingerprint density at radius 3 is 2.50 bits per heavy atom. The lowest BCUT2D eigenvalue weighted by Crippen LogP contribution is -2.48. The number of imidazole rings is 1. The molecule has 2 aliphatic rings. The zero-order valence-corrected chi connectivity index (χ0v) is 23.8. The molecule has 42 heavy (non-hydrogen) atoms. The number of carboxylic acid groups (broad SMARTS) is 1. The number of H-pyrrole nitrogens is 1. The van der Waals surface area contributed by atoms with Crippen molar-refractivity contribution >= 4 is 28.7 Å². The number of aliphatic carboxylic acids is 1. The molecule has 0 saturated carbocycles. The van der Waals surface area contributed by atoms with Gasteiger partial charge in [-0.1, -0.05) is 60.1 Å². The van der Waals surface area contributed by atoms with Crippen molar-refractivity contribution < 1.29 is 29.2 Å². The zero-order chi connectivity index (χ0) is 29.1. The molecule has 4 aromatic rings. The number of halogens is 1. The van der Waals surface area contributed by atoms with Crippen molar-refractivity contribution in [2.45, 2.75) is 31.6 Å². The molecule has 0 aliphatic carbocycles. The maximum absolute atomic E-state index is 11.3. The van der Waals surface area contributed by atoms with Gasteiger partial charge in [-0.15, -0.1) is 0 Å². The Hall–Kier alpha value is -3.54. The molecule has 11 heteroatoms. The number of carbonyl (C=O) groups is 1. The predicted octanol–water partition coefficient (Wildman–Crippen LogP) is 4.40. The predicted molar refractivity (Wildman–Crippen MR) is 157 cm³/mol. The first-order valence-corrected chi connectivity index (χ1v) is 14.5. The third-order valence-corrected chi connectivity index (χ3v) is 7.96. The Morgan fingerprint density at radius 2 is 1.79 bits per heavy atom. The molecule has 2 atom stereocenters. The molecule has 2 aromatic heterocycles. The molecular formula is C31H33ClN4O6. The van der Waals surface area contributed by atoms with Gasteiger partial charge in [0, 0.05) is 44.0 Å². The number of carboxylic acids is 1. The van der Waals surface area contributed by atoms with Crippen molar-refractivity contribution in [3.05, 3.63) is 65.2 Å². The van der Waals surface area contributed by atoms with Crippen molar-refractivity contribution in [2.75, 3.05) is 39.5 Å². The van der Waals surface area contributed by atoms with Gasteiger partial charge < -0.3 is 29.4 Å². The van der Waals surface area contributed by atoms with E-state index in [-0.39, 0.29) is 25.1 Å². The van der Waals surface area contributed by atoms with Crippen LogP contribution in [0.4, 0.5) is 0 Å². The summed E-state index contributed by atoms with van der Waals surface area (Å²) in [6, 6.07) is 18.8. The van der Waals surface area contributed by atoms with Gasteiger partial charge in [0.2, 0.25) is 0 Å². The zero-order valence-electron chi connectivity index (χ0n) is 23.0. The maximum atomic E-state index is 11.3. The van der Waals surface area contributed by atoms with E-state index in [1.807, 2.05) is 12.1 Å². The molecule has 4 heterocycles. The fourth-order valence-electron chi connectivity index (χ4n) is 5.46. The number of nitrogens with zero attached hydrogens (tertiary/aromatic N) is 3. The summed E-state index contributed by atoms with van der Waals surface area (Å²) in [5, 5.41) is 18.5. The normalized spacial score (nSPS) is 19.6. The number of aromatic amines is 1. The Balaban J connectivity index is 1.08. The summed E-state index contributed by atoms with van der Waals surface area (Å²) in [7, 11) is 0. The first kappa shape index (κ1) is 28.6. The van der Waals surface area contributed by atoms with E-state index in [1.54, 1.807) is 6.07 Å². The number of hydrogen-bond donors (Lipinski definition) is 3. The largest absolute Gasteiger partial charge is 0.479 e. The summed E-state index contributed by atoms with van der Waals surface area (Å²) in [6.07, 6.45) is -0.363. The van der Waals surface area contributed by atoms with E-state index in [4.69, 9.17) is 30.9 Å². The minimum absolute atomic E-state index is 0.0745. The molecule has 10 nitrogen and oxygen atoms in total. The van der Waals surface area contributed by atoms with E-state index in [2.05, 4.69) is 56.3 Å². The molecule has 0 spiro atoms. The summed E-state index contributed by atoms with van der Waals surface area (Å²) in [4.78, 5) is 25.9. The highest BCUT2D eigenvalue weighted by molar-refractivity contribution is 6.33. The van der Waals surface area contributed by atoms with Gasteiger partial charge in [0.1, 0.15) is 6.10 Å². The van der Waals surface area contributed by atoms with Crippen molar-refractivity contribution in [3.63, 3.8) is 0 Å². The Morgan fingerprint density at radius 1 is 1.07 bits per heavy atom. The van der Waals surface area contributed by atoms with Crippen molar-refractivity contribution in [1.29, 1.82) is 0 Å². The van der Waals surface area contributed by atoms with Crippen LogP contribution in [0.2, 0.25) is 5.02 Å². The average molecular weight is 593 g/mol. The van der Waals surface area contributed by atoms with Gasteiger partial charge in [0.25, 0.3) is 6.01 Å². The number of aliphatic hydroxyl groups excluding tert-OH is 1. The highest BCUT2D eigenvalue weighted by Gasteiger charge is 2.30. The highest BCUT2D eigenvalue weighted by atomic mass is 35.5. The highest BCUT2D eigenvalue weighted by Crippen LogP contribution is 2.32. The third kappa shape index (κ3) is 6.58. The monoisotopic (exact) mass is 592 g/mol. The van der Waals surface area contributed by atoms with Crippen LogP contribution in [-0.2, 0) is 20.8 Å². The smallest absolute Gasteiger partial charge is 0.332 e. The number of rotatable bonds is 11. The van der Waals surface area contributed by atoms with Crippen LogP contribution in [0.25, 0.3) is 33.5 Å². The molecule has 220 valence electrons. The average Bonchev–Trinajstić information content (AvgIpc) is 3.36. The lowest BCUT2D eigenvalue weighted by molar-refractivity contribution is -0.156. The molecule has 2 aliphatic heterocycles. The van der Waals surface area contributed by atoms with Crippen LogP contribution >= 0.6 is 11.6 Å². The molecule has 0 amide bonds. The molecule has 0 radical (unpaired) electrons. The minimum atomic E-state index is -0.993. The lowest BCUT2D eigenvalue weighted by atomic mass is 9.98. The number of hydrogen-bond acceptors (Lipinski definition) is 8. The number of fused-ring (bicyclic) bond motifs is 1. The second kappa shape index (κ2) is 12.8. The first-order chi connectivity index (χ1) is 20.4. The van der Waals surface area contributed by atoms with Crippen molar-refractivity contribution in [1.82, 2.24) is 19.9 Å². The standard InChI is InChI=1S/C31H33ClN4O6/c32-25-14-26-29(35-31(33-26)42-24-9-11-41-27(13-24)30(38)39)34-28(25)23-7-5-22(6-8-23)21-3-1-19(2-4-21)15-36-16-20(17-36)18-40-12-10-37/h1-8,14,20,24,27,37H,9-13,15-18H2,(H,38,39)(H,33,34,35)/t24-,27+/m0/s1. The van der Waals surface area contributed by atoms with E-state index >= 15 is 0 Å². The molecule has 2 saturated heterocycles.